The predicted octanol–water partition coefficient (Wildman–Crippen LogP) is 1.71. The van der Waals surface area contributed by atoms with E-state index in [0.29, 0.717) is 6.42 Å². The van der Waals surface area contributed by atoms with Crippen molar-refractivity contribution in [3.8, 4) is 0 Å². The quantitative estimate of drug-likeness (QED) is 0.835. The molecule has 1 unspecified atom stereocenters. The first-order valence-corrected chi connectivity index (χ1v) is 6.44. The average Bonchev–Trinajstić information content (AvgIpc) is 2.43. The lowest BCUT2D eigenvalue weighted by molar-refractivity contribution is -0.144. The highest BCUT2D eigenvalue weighted by molar-refractivity contribution is 5.95. The molecule has 20 heavy (non-hydrogen) atoms. The number of ether oxygens (including phenoxy) is 1. The predicted molar refractivity (Wildman–Crippen MR) is 71.7 cm³/mol. The number of esters is 1. The van der Waals surface area contributed by atoms with Crippen LogP contribution in [0.5, 0.6) is 0 Å². The summed E-state index contributed by atoms with van der Waals surface area (Å²) in [4.78, 5) is 27.6. The van der Waals surface area contributed by atoms with Crippen LogP contribution in [0.1, 0.15) is 37.0 Å². The number of carbonyl (C=O) groups excluding carboxylic acids is 2. The molecule has 1 aromatic heterocycles. The molecule has 110 valence electrons. The number of halogens is 1. The van der Waals surface area contributed by atoms with E-state index < -0.39 is 23.7 Å². The summed E-state index contributed by atoms with van der Waals surface area (Å²) in [5.74, 6) is -1.62. The van der Waals surface area contributed by atoms with E-state index in [1.807, 2.05) is 0 Å². The van der Waals surface area contributed by atoms with Crippen LogP contribution in [0.4, 0.5) is 4.39 Å². The summed E-state index contributed by atoms with van der Waals surface area (Å²) >= 11 is 0. The first-order chi connectivity index (χ1) is 9.40. The molecule has 1 heterocycles. The van der Waals surface area contributed by atoms with Gasteiger partial charge in [0.1, 0.15) is 17.6 Å². The van der Waals surface area contributed by atoms with Gasteiger partial charge in [0.05, 0.1) is 12.8 Å². The Morgan fingerprint density at radius 2 is 2.05 bits per heavy atom. The summed E-state index contributed by atoms with van der Waals surface area (Å²) in [5.41, 5.74) is 0.301. The second-order valence-electron chi connectivity index (χ2n) is 4.70. The van der Waals surface area contributed by atoms with Gasteiger partial charge in [-0.3, -0.25) is 4.79 Å². The molecule has 0 saturated heterocycles. The summed E-state index contributed by atoms with van der Waals surface area (Å²) < 4.78 is 18.0. The van der Waals surface area contributed by atoms with Crippen molar-refractivity contribution < 1.29 is 18.7 Å². The van der Waals surface area contributed by atoms with Crippen molar-refractivity contribution in [2.75, 3.05) is 7.11 Å². The normalized spacial score (nSPS) is 12.1. The zero-order chi connectivity index (χ0) is 15.3. The van der Waals surface area contributed by atoms with Crippen LogP contribution in [-0.4, -0.2) is 30.0 Å². The molecule has 1 amide bonds. The maximum absolute atomic E-state index is 13.3. The maximum atomic E-state index is 13.3. The molecule has 0 aromatic carbocycles. The molecule has 1 aromatic rings. The lowest BCUT2D eigenvalue weighted by atomic mass is 10.0. The number of rotatable bonds is 5. The topological polar surface area (TPSA) is 68.3 Å². The van der Waals surface area contributed by atoms with Crippen molar-refractivity contribution >= 4 is 11.9 Å². The minimum Gasteiger partial charge on any atom is -0.467 e. The standard InChI is InChI=1S/C14H19FN2O3/c1-5-10-9(15)6-7-11(16-10)13(18)17-12(8(2)3)14(19)20-4/h6-8,12H,5H2,1-4H3,(H,17,18). The van der Waals surface area contributed by atoms with Crippen molar-refractivity contribution in [3.05, 3.63) is 29.3 Å². The van der Waals surface area contributed by atoms with Gasteiger partial charge in [0.25, 0.3) is 5.91 Å². The van der Waals surface area contributed by atoms with E-state index in [-0.39, 0.29) is 17.3 Å². The van der Waals surface area contributed by atoms with Gasteiger partial charge in [0.2, 0.25) is 0 Å². The molecule has 0 aliphatic heterocycles. The van der Waals surface area contributed by atoms with E-state index in [2.05, 4.69) is 15.0 Å². The summed E-state index contributed by atoms with van der Waals surface area (Å²) in [5, 5.41) is 2.56. The summed E-state index contributed by atoms with van der Waals surface area (Å²) in [7, 11) is 1.26. The number of amides is 1. The van der Waals surface area contributed by atoms with Gasteiger partial charge in [-0.2, -0.15) is 0 Å². The first-order valence-electron chi connectivity index (χ1n) is 6.44. The Morgan fingerprint density at radius 3 is 2.55 bits per heavy atom. The minimum atomic E-state index is -0.760. The molecule has 0 aliphatic carbocycles. The van der Waals surface area contributed by atoms with E-state index >= 15 is 0 Å². The van der Waals surface area contributed by atoms with Crippen LogP contribution >= 0.6 is 0 Å². The van der Waals surface area contributed by atoms with Gasteiger partial charge < -0.3 is 10.1 Å². The van der Waals surface area contributed by atoms with Crippen LogP contribution in [-0.2, 0) is 16.0 Å². The van der Waals surface area contributed by atoms with E-state index in [1.54, 1.807) is 20.8 Å². The Labute approximate surface area is 117 Å². The third-order valence-electron chi connectivity index (χ3n) is 2.89. The Kier molecular flexibility index (Phi) is 5.61. The lowest BCUT2D eigenvalue weighted by Crippen LogP contribution is -2.45. The zero-order valence-electron chi connectivity index (χ0n) is 12.1. The highest BCUT2D eigenvalue weighted by Gasteiger charge is 2.26. The van der Waals surface area contributed by atoms with Crippen LogP contribution in [0.25, 0.3) is 0 Å². The lowest BCUT2D eigenvalue weighted by Gasteiger charge is -2.19. The molecular formula is C14H19FN2O3. The van der Waals surface area contributed by atoms with Gasteiger partial charge in [0, 0.05) is 0 Å². The first kappa shape index (κ1) is 16.1. The van der Waals surface area contributed by atoms with Crippen LogP contribution in [0, 0.1) is 11.7 Å². The van der Waals surface area contributed by atoms with Crippen LogP contribution in [0.3, 0.4) is 0 Å². The molecule has 0 radical (unpaired) electrons. The maximum Gasteiger partial charge on any atom is 0.328 e. The van der Waals surface area contributed by atoms with Gasteiger partial charge in [-0.1, -0.05) is 20.8 Å². The molecule has 0 saturated carbocycles. The largest absolute Gasteiger partial charge is 0.467 e. The van der Waals surface area contributed by atoms with E-state index in [9.17, 15) is 14.0 Å². The molecule has 0 bridgehead atoms. The Bertz CT molecular complexity index is 503. The average molecular weight is 282 g/mol. The smallest absolute Gasteiger partial charge is 0.328 e. The molecule has 6 heteroatoms. The number of nitrogens with one attached hydrogen (secondary N) is 1. The summed E-state index contributed by atoms with van der Waals surface area (Å²) in [6.07, 6.45) is 0.386. The molecular weight excluding hydrogens is 263 g/mol. The molecule has 1 atom stereocenters. The van der Waals surface area contributed by atoms with Crippen LogP contribution in [0.2, 0.25) is 0 Å². The minimum absolute atomic E-state index is 0.0813. The van der Waals surface area contributed by atoms with Gasteiger partial charge in [-0.05, 0) is 24.5 Å². The highest BCUT2D eigenvalue weighted by Crippen LogP contribution is 2.09. The van der Waals surface area contributed by atoms with E-state index in [0.717, 1.165) is 0 Å². The zero-order valence-corrected chi connectivity index (χ0v) is 12.1. The molecule has 0 aliphatic rings. The van der Waals surface area contributed by atoms with E-state index in [4.69, 9.17) is 0 Å². The Morgan fingerprint density at radius 1 is 1.40 bits per heavy atom. The highest BCUT2D eigenvalue weighted by atomic mass is 19.1. The second kappa shape index (κ2) is 6.98. The number of pyridine rings is 1. The number of nitrogens with zero attached hydrogens (tertiary/aromatic N) is 1. The van der Waals surface area contributed by atoms with Gasteiger partial charge >= 0.3 is 5.97 Å². The fourth-order valence-corrected chi connectivity index (χ4v) is 1.70. The number of carbonyl (C=O) groups is 2. The molecule has 0 fully saturated rings. The van der Waals surface area contributed by atoms with Crippen molar-refractivity contribution in [2.24, 2.45) is 5.92 Å². The number of aromatic nitrogens is 1. The molecule has 1 N–H and O–H groups in total. The number of methoxy groups -OCH3 is 1. The third kappa shape index (κ3) is 3.76. The molecule has 1 rings (SSSR count). The van der Waals surface area contributed by atoms with Gasteiger partial charge in [-0.25, -0.2) is 14.2 Å². The Hall–Kier alpha value is -1.98. The SMILES string of the molecule is CCc1nc(C(=O)NC(C(=O)OC)C(C)C)ccc1F. The molecule has 5 nitrogen and oxygen atoms in total. The second-order valence-corrected chi connectivity index (χ2v) is 4.70. The van der Waals surface area contributed by atoms with Crippen molar-refractivity contribution in [1.29, 1.82) is 0 Å². The summed E-state index contributed by atoms with van der Waals surface area (Å²) in [6, 6.07) is 1.73. The number of aryl methyl sites for hydroxylation is 1. The summed E-state index contributed by atoms with van der Waals surface area (Å²) in [6.45, 7) is 5.33. The van der Waals surface area contributed by atoms with Gasteiger partial charge in [0.15, 0.2) is 0 Å². The molecule has 0 spiro atoms. The number of hydrogen-bond donors (Lipinski definition) is 1. The van der Waals surface area contributed by atoms with Gasteiger partial charge in [-0.15, -0.1) is 0 Å². The fourth-order valence-electron chi connectivity index (χ4n) is 1.70. The monoisotopic (exact) mass is 282 g/mol. The Balaban J connectivity index is 2.92. The third-order valence-corrected chi connectivity index (χ3v) is 2.89. The van der Waals surface area contributed by atoms with Crippen molar-refractivity contribution in [3.63, 3.8) is 0 Å². The van der Waals surface area contributed by atoms with Crippen molar-refractivity contribution in [2.45, 2.75) is 33.2 Å². The number of hydrogen-bond acceptors (Lipinski definition) is 4. The van der Waals surface area contributed by atoms with E-state index in [1.165, 1.54) is 19.2 Å². The van der Waals surface area contributed by atoms with Crippen LogP contribution < -0.4 is 5.32 Å². The fraction of sp³-hybridized carbons (Fsp3) is 0.500. The van der Waals surface area contributed by atoms with Crippen molar-refractivity contribution in [1.82, 2.24) is 10.3 Å². The van der Waals surface area contributed by atoms with Crippen LogP contribution in [0.15, 0.2) is 12.1 Å².